The number of aromatic nitrogens is 1. The number of hydrogen-bond donors (Lipinski definition) is 1. The van der Waals surface area contributed by atoms with E-state index in [1.165, 1.54) is 0 Å². The first-order valence-corrected chi connectivity index (χ1v) is 4.77. The smallest absolute Gasteiger partial charge is 0.256 e. The van der Waals surface area contributed by atoms with Gasteiger partial charge in [-0.25, -0.2) is 0 Å². The summed E-state index contributed by atoms with van der Waals surface area (Å²) < 4.78 is 0. The van der Waals surface area contributed by atoms with Gasteiger partial charge in [0.25, 0.3) is 5.56 Å². The SMILES string of the molecule is Cc1[nH]c(=O)c2cccc(C)c2c1Cl. The molecular weight excluding hydrogens is 198 g/mol. The van der Waals surface area contributed by atoms with Crippen molar-refractivity contribution in [2.75, 3.05) is 0 Å². The van der Waals surface area contributed by atoms with E-state index in [0.717, 1.165) is 16.6 Å². The molecule has 0 aliphatic carbocycles. The fourth-order valence-corrected chi connectivity index (χ4v) is 1.93. The Labute approximate surface area is 86.5 Å². The third-order valence-electron chi connectivity index (χ3n) is 2.37. The van der Waals surface area contributed by atoms with Crippen molar-refractivity contribution in [1.29, 1.82) is 0 Å². The number of nitrogens with one attached hydrogen (secondary N) is 1. The van der Waals surface area contributed by atoms with Crippen LogP contribution in [0.2, 0.25) is 5.02 Å². The maximum atomic E-state index is 11.6. The van der Waals surface area contributed by atoms with Crippen LogP contribution in [0.1, 0.15) is 11.3 Å². The van der Waals surface area contributed by atoms with Gasteiger partial charge < -0.3 is 4.98 Å². The van der Waals surface area contributed by atoms with E-state index >= 15 is 0 Å². The van der Waals surface area contributed by atoms with E-state index in [4.69, 9.17) is 11.6 Å². The molecule has 0 saturated carbocycles. The number of H-pyrrole nitrogens is 1. The van der Waals surface area contributed by atoms with Crippen molar-refractivity contribution in [3.05, 3.63) is 44.8 Å². The van der Waals surface area contributed by atoms with Crippen LogP contribution in [0.4, 0.5) is 0 Å². The van der Waals surface area contributed by atoms with Crippen LogP contribution in [-0.2, 0) is 0 Å². The fourth-order valence-electron chi connectivity index (χ4n) is 1.63. The van der Waals surface area contributed by atoms with Gasteiger partial charge in [0.1, 0.15) is 0 Å². The molecule has 0 atom stereocenters. The topological polar surface area (TPSA) is 32.9 Å². The number of hydrogen-bond acceptors (Lipinski definition) is 1. The van der Waals surface area contributed by atoms with Crippen molar-refractivity contribution in [1.82, 2.24) is 4.98 Å². The minimum atomic E-state index is -0.0781. The van der Waals surface area contributed by atoms with E-state index < -0.39 is 0 Å². The Morgan fingerprint density at radius 2 is 2.00 bits per heavy atom. The highest BCUT2D eigenvalue weighted by molar-refractivity contribution is 6.36. The number of benzene rings is 1. The van der Waals surface area contributed by atoms with Crippen LogP contribution in [0.3, 0.4) is 0 Å². The number of pyridine rings is 1. The van der Waals surface area contributed by atoms with Crippen LogP contribution in [0, 0.1) is 13.8 Å². The molecule has 0 unspecified atom stereocenters. The average molecular weight is 208 g/mol. The lowest BCUT2D eigenvalue weighted by Crippen LogP contribution is -2.08. The molecule has 0 aliphatic heterocycles. The summed E-state index contributed by atoms with van der Waals surface area (Å²) in [4.78, 5) is 14.3. The molecule has 1 aromatic heterocycles. The van der Waals surface area contributed by atoms with Gasteiger partial charge in [0.15, 0.2) is 0 Å². The Hall–Kier alpha value is -1.28. The molecule has 2 aromatic rings. The summed E-state index contributed by atoms with van der Waals surface area (Å²) in [6.07, 6.45) is 0. The van der Waals surface area contributed by atoms with Gasteiger partial charge in [-0.05, 0) is 25.5 Å². The summed E-state index contributed by atoms with van der Waals surface area (Å²) in [6.45, 7) is 3.75. The molecule has 14 heavy (non-hydrogen) atoms. The predicted molar refractivity (Wildman–Crippen MR) is 59.1 cm³/mol. The second kappa shape index (κ2) is 3.14. The van der Waals surface area contributed by atoms with Crippen molar-refractivity contribution in [2.45, 2.75) is 13.8 Å². The lowest BCUT2D eigenvalue weighted by Gasteiger charge is -2.05. The van der Waals surface area contributed by atoms with Crippen LogP contribution >= 0.6 is 11.6 Å². The van der Waals surface area contributed by atoms with Crippen LogP contribution in [0.5, 0.6) is 0 Å². The Balaban J connectivity index is 3.11. The Kier molecular flexibility index (Phi) is 2.08. The average Bonchev–Trinajstić information content (AvgIpc) is 2.14. The summed E-state index contributed by atoms with van der Waals surface area (Å²) in [5.41, 5.74) is 1.67. The number of fused-ring (bicyclic) bond motifs is 1. The molecule has 1 heterocycles. The normalized spacial score (nSPS) is 10.8. The Bertz CT molecular complexity index is 557. The molecule has 0 fully saturated rings. The second-order valence-corrected chi connectivity index (χ2v) is 3.77. The molecule has 1 aromatic carbocycles. The largest absolute Gasteiger partial charge is 0.324 e. The van der Waals surface area contributed by atoms with E-state index in [1.54, 1.807) is 13.0 Å². The lowest BCUT2D eigenvalue weighted by atomic mass is 10.1. The summed E-state index contributed by atoms with van der Waals surface area (Å²) in [5.74, 6) is 0. The summed E-state index contributed by atoms with van der Waals surface area (Å²) in [7, 11) is 0. The summed E-state index contributed by atoms with van der Waals surface area (Å²) >= 11 is 6.13. The van der Waals surface area contributed by atoms with Gasteiger partial charge in [-0.1, -0.05) is 23.7 Å². The van der Waals surface area contributed by atoms with Crippen molar-refractivity contribution in [3.63, 3.8) is 0 Å². The first-order valence-electron chi connectivity index (χ1n) is 4.39. The molecule has 3 heteroatoms. The van der Waals surface area contributed by atoms with Crippen molar-refractivity contribution in [2.24, 2.45) is 0 Å². The molecule has 0 amide bonds. The Morgan fingerprint density at radius 3 is 2.71 bits per heavy atom. The molecule has 0 spiro atoms. The van der Waals surface area contributed by atoms with Crippen molar-refractivity contribution >= 4 is 22.4 Å². The number of rotatable bonds is 0. The summed E-state index contributed by atoms with van der Waals surface area (Å²) in [5, 5.41) is 2.15. The monoisotopic (exact) mass is 207 g/mol. The fraction of sp³-hybridized carbons (Fsp3) is 0.182. The van der Waals surface area contributed by atoms with E-state index in [0.29, 0.717) is 10.4 Å². The minimum Gasteiger partial charge on any atom is -0.324 e. The molecule has 0 saturated heterocycles. The second-order valence-electron chi connectivity index (χ2n) is 3.39. The maximum absolute atomic E-state index is 11.6. The zero-order valence-electron chi connectivity index (χ0n) is 8.02. The highest BCUT2D eigenvalue weighted by atomic mass is 35.5. The van der Waals surface area contributed by atoms with E-state index in [2.05, 4.69) is 4.98 Å². The molecule has 72 valence electrons. The van der Waals surface area contributed by atoms with Gasteiger partial charge in [0, 0.05) is 16.5 Å². The van der Waals surface area contributed by atoms with Crippen LogP contribution in [0.25, 0.3) is 10.8 Å². The zero-order chi connectivity index (χ0) is 10.3. The molecule has 2 nitrogen and oxygen atoms in total. The molecular formula is C11H10ClNO. The van der Waals surface area contributed by atoms with Crippen LogP contribution < -0.4 is 5.56 Å². The first-order chi connectivity index (χ1) is 6.61. The van der Waals surface area contributed by atoms with Gasteiger partial charge in [-0.3, -0.25) is 4.79 Å². The zero-order valence-corrected chi connectivity index (χ0v) is 8.77. The predicted octanol–water partition coefficient (Wildman–Crippen LogP) is 2.80. The third-order valence-corrected chi connectivity index (χ3v) is 2.84. The van der Waals surface area contributed by atoms with E-state index in [9.17, 15) is 4.79 Å². The molecule has 0 radical (unpaired) electrons. The summed E-state index contributed by atoms with van der Waals surface area (Å²) in [6, 6.07) is 5.60. The first kappa shape index (κ1) is 9.28. The van der Waals surface area contributed by atoms with Crippen molar-refractivity contribution in [3.8, 4) is 0 Å². The minimum absolute atomic E-state index is 0.0781. The molecule has 0 bridgehead atoms. The Morgan fingerprint density at radius 1 is 1.29 bits per heavy atom. The van der Waals surface area contributed by atoms with Crippen LogP contribution in [-0.4, -0.2) is 4.98 Å². The lowest BCUT2D eigenvalue weighted by molar-refractivity contribution is 1.17. The number of halogens is 1. The molecule has 2 rings (SSSR count). The highest BCUT2D eigenvalue weighted by Gasteiger charge is 2.07. The standard InChI is InChI=1S/C11H10ClNO/c1-6-4-3-5-8-9(6)10(12)7(2)13-11(8)14/h3-5H,1-2H3,(H,13,14). The van der Waals surface area contributed by atoms with Crippen molar-refractivity contribution < 1.29 is 0 Å². The van der Waals surface area contributed by atoms with E-state index in [1.807, 2.05) is 19.1 Å². The quantitative estimate of drug-likeness (QED) is 0.708. The highest BCUT2D eigenvalue weighted by Crippen LogP contribution is 2.25. The van der Waals surface area contributed by atoms with Gasteiger partial charge in [0.05, 0.1) is 5.02 Å². The third kappa shape index (κ3) is 1.23. The maximum Gasteiger partial charge on any atom is 0.256 e. The van der Waals surface area contributed by atoms with Gasteiger partial charge >= 0.3 is 0 Å². The van der Waals surface area contributed by atoms with Gasteiger partial charge in [-0.2, -0.15) is 0 Å². The van der Waals surface area contributed by atoms with E-state index in [-0.39, 0.29) is 5.56 Å². The van der Waals surface area contributed by atoms with Gasteiger partial charge in [0.2, 0.25) is 0 Å². The number of aryl methyl sites for hydroxylation is 2. The molecule has 0 aliphatic rings. The van der Waals surface area contributed by atoms with Gasteiger partial charge in [-0.15, -0.1) is 0 Å². The molecule has 1 N–H and O–H groups in total. The van der Waals surface area contributed by atoms with Crippen LogP contribution in [0.15, 0.2) is 23.0 Å². The number of aromatic amines is 1.